The maximum absolute atomic E-state index is 8.74. The Morgan fingerprint density at radius 3 is 1.38 bits per heavy atom. The summed E-state index contributed by atoms with van der Waals surface area (Å²) in [6.07, 6.45) is 14.6. The van der Waals surface area contributed by atoms with Gasteiger partial charge in [0.1, 0.15) is 0 Å². The van der Waals surface area contributed by atoms with Gasteiger partial charge < -0.3 is 11.5 Å². The first-order valence-corrected chi connectivity index (χ1v) is 8.97. The number of hydrogen-bond acceptors (Lipinski definition) is 3. The molecule has 1 rings (SSSR count). The standard InChI is InChI=1S/C13H27N3.H2O4S/c14-13(15)16-12-10-8-6-4-2-1-3-5-7-9-11-12;1-5(2,3)4/h12H,1-11H2,(H4,14,15,16);(H2,1,2,3,4). The van der Waals surface area contributed by atoms with E-state index in [2.05, 4.69) is 4.99 Å². The summed E-state index contributed by atoms with van der Waals surface area (Å²) < 4.78 is 31.6. The van der Waals surface area contributed by atoms with E-state index in [0.29, 0.717) is 6.04 Å². The number of nitrogens with zero attached hydrogens (tertiary/aromatic N) is 1. The summed E-state index contributed by atoms with van der Waals surface area (Å²) in [5.74, 6) is 0.261. The Kier molecular flexibility index (Phi) is 11.3. The Labute approximate surface area is 127 Å². The molecule has 0 aromatic heterocycles. The summed E-state index contributed by atoms with van der Waals surface area (Å²) in [6.45, 7) is 0. The molecular weight excluding hydrogens is 294 g/mol. The molecule has 0 spiro atoms. The normalized spacial score (nSPS) is 19.3. The van der Waals surface area contributed by atoms with Gasteiger partial charge in [-0.3, -0.25) is 14.1 Å². The summed E-state index contributed by atoms with van der Waals surface area (Å²) in [4.78, 5) is 4.34. The molecule has 7 nitrogen and oxygen atoms in total. The van der Waals surface area contributed by atoms with E-state index < -0.39 is 10.4 Å². The number of hydrogen-bond donors (Lipinski definition) is 4. The molecule has 6 N–H and O–H groups in total. The Morgan fingerprint density at radius 1 is 0.810 bits per heavy atom. The summed E-state index contributed by atoms with van der Waals surface area (Å²) >= 11 is 0. The van der Waals surface area contributed by atoms with Crippen LogP contribution in [0, 0.1) is 0 Å². The highest BCUT2D eigenvalue weighted by Crippen LogP contribution is 2.18. The van der Waals surface area contributed by atoms with Gasteiger partial charge in [-0.15, -0.1) is 0 Å². The van der Waals surface area contributed by atoms with Gasteiger partial charge in [0, 0.05) is 0 Å². The van der Waals surface area contributed by atoms with Gasteiger partial charge in [0.15, 0.2) is 5.96 Å². The molecule has 126 valence electrons. The van der Waals surface area contributed by atoms with Crippen molar-refractivity contribution in [2.24, 2.45) is 16.5 Å². The van der Waals surface area contributed by atoms with Crippen molar-refractivity contribution in [2.45, 2.75) is 76.7 Å². The molecule has 0 atom stereocenters. The minimum Gasteiger partial charge on any atom is -0.370 e. The second-order valence-corrected chi connectivity index (χ2v) is 6.31. The zero-order valence-electron chi connectivity index (χ0n) is 12.6. The fraction of sp³-hybridized carbons (Fsp3) is 0.923. The molecular formula is C13H29N3O4S. The molecule has 1 aliphatic carbocycles. The quantitative estimate of drug-likeness (QED) is 0.331. The lowest BCUT2D eigenvalue weighted by Gasteiger charge is -2.14. The van der Waals surface area contributed by atoms with E-state index in [0.717, 1.165) is 12.8 Å². The zero-order chi connectivity index (χ0) is 16.1. The average Bonchev–Trinajstić information content (AvgIpc) is 2.30. The van der Waals surface area contributed by atoms with Gasteiger partial charge in [-0.25, -0.2) is 0 Å². The van der Waals surface area contributed by atoms with Crippen LogP contribution < -0.4 is 11.5 Å². The van der Waals surface area contributed by atoms with Crippen molar-refractivity contribution in [3.8, 4) is 0 Å². The molecule has 1 fully saturated rings. The fourth-order valence-corrected chi connectivity index (χ4v) is 2.48. The number of aliphatic imine (C=N–C) groups is 1. The van der Waals surface area contributed by atoms with Crippen LogP contribution in [0.25, 0.3) is 0 Å². The molecule has 0 heterocycles. The molecule has 0 unspecified atom stereocenters. The summed E-state index contributed by atoms with van der Waals surface area (Å²) in [7, 11) is -4.67. The lowest BCUT2D eigenvalue weighted by Crippen LogP contribution is -2.25. The highest BCUT2D eigenvalue weighted by atomic mass is 32.3. The average molecular weight is 323 g/mol. The van der Waals surface area contributed by atoms with Crippen LogP contribution >= 0.6 is 0 Å². The lowest BCUT2D eigenvalue weighted by molar-refractivity contribution is 0.381. The Bertz CT molecular complexity index is 361. The Morgan fingerprint density at radius 2 is 1.10 bits per heavy atom. The molecule has 0 aromatic carbocycles. The van der Waals surface area contributed by atoms with Crippen LogP contribution in [0.2, 0.25) is 0 Å². The molecule has 0 bridgehead atoms. The van der Waals surface area contributed by atoms with Crippen LogP contribution in [0.15, 0.2) is 4.99 Å². The van der Waals surface area contributed by atoms with Crippen molar-refractivity contribution < 1.29 is 17.5 Å². The molecule has 0 aliphatic heterocycles. The van der Waals surface area contributed by atoms with Gasteiger partial charge in [-0.05, 0) is 12.8 Å². The Balaban J connectivity index is 0.000000690. The minimum absolute atomic E-state index is 0.261. The molecule has 21 heavy (non-hydrogen) atoms. The van der Waals surface area contributed by atoms with Crippen molar-refractivity contribution in [3.05, 3.63) is 0 Å². The van der Waals surface area contributed by atoms with Gasteiger partial charge in [-0.2, -0.15) is 8.42 Å². The maximum Gasteiger partial charge on any atom is 0.394 e. The first kappa shape index (κ1) is 20.1. The van der Waals surface area contributed by atoms with Crippen LogP contribution in [-0.4, -0.2) is 29.5 Å². The number of nitrogens with two attached hydrogens (primary N) is 2. The first-order chi connectivity index (χ1) is 9.79. The van der Waals surface area contributed by atoms with E-state index in [4.69, 9.17) is 29.0 Å². The lowest BCUT2D eigenvalue weighted by atomic mass is 9.98. The van der Waals surface area contributed by atoms with E-state index in [-0.39, 0.29) is 5.96 Å². The van der Waals surface area contributed by atoms with Crippen molar-refractivity contribution in [3.63, 3.8) is 0 Å². The van der Waals surface area contributed by atoms with Gasteiger partial charge in [0.25, 0.3) is 0 Å². The van der Waals surface area contributed by atoms with Crippen molar-refractivity contribution in [1.82, 2.24) is 0 Å². The van der Waals surface area contributed by atoms with E-state index in [1.54, 1.807) is 0 Å². The predicted molar refractivity (Wildman–Crippen MR) is 84.6 cm³/mol. The third-order valence-corrected chi connectivity index (χ3v) is 3.41. The molecule has 0 radical (unpaired) electrons. The van der Waals surface area contributed by atoms with Crippen LogP contribution in [0.4, 0.5) is 0 Å². The van der Waals surface area contributed by atoms with Gasteiger partial charge in [-0.1, -0.05) is 57.8 Å². The van der Waals surface area contributed by atoms with E-state index in [1.807, 2.05) is 0 Å². The zero-order valence-corrected chi connectivity index (χ0v) is 13.4. The second kappa shape index (κ2) is 11.8. The fourth-order valence-electron chi connectivity index (χ4n) is 2.48. The monoisotopic (exact) mass is 323 g/mol. The summed E-state index contributed by atoms with van der Waals surface area (Å²) in [6, 6.07) is 0.379. The molecule has 0 saturated heterocycles. The van der Waals surface area contributed by atoms with E-state index >= 15 is 0 Å². The molecule has 1 saturated carbocycles. The summed E-state index contributed by atoms with van der Waals surface area (Å²) in [5.41, 5.74) is 10.9. The third-order valence-electron chi connectivity index (χ3n) is 3.41. The molecule has 8 heteroatoms. The highest BCUT2D eigenvalue weighted by Gasteiger charge is 2.07. The van der Waals surface area contributed by atoms with Crippen molar-refractivity contribution in [1.29, 1.82) is 0 Å². The van der Waals surface area contributed by atoms with Crippen molar-refractivity contribution in [2.75, 3.05) is 0 Å². The van der Waals surface area contributed by atoms with Gasteiger partial charge in [0.2, 0.25) is 0 Å². The molecule has 0 aromatic rings. The van der Waals surface area contributed by atoms with Gasteiger partial charge >= 0.3 is 10.4 Å². The van der Waals surface area contributed by atoms with E-state index in [9.17, 15) is 0 Å². The van der Waals surface area contributed by atoms with Crippen LogP contribution in [-0.2, 0) is 10.4 Å². The summed E-state index contributed by atoms with van der Waals surface area (Å²) in [5, 5.41) is 0. The number of rotatable bonds is 1. The molecule has 0 amide bonds. The minimum atomic E-state index is -4.67. The van der Waals surface area contributed by atoms with Gasteiger partial charge in [0.05, 0.1) is 6.04 Å². The van der Waals surface area contributed by atoms with Crippen LogP contribution in [0.3, 0.4) is 0 Å². The number of guanidine groups is 1. The topological polar surface area (TPSA) is 139 Å². The molecule has 1 aliphatic rings. The predicted octanol–water partition coefficient (Wildman–Crippen LogP) is 2.28. The second-order valence-electron chi connectivity index (χ2n) is 5.41. The maximum atomic E-state index is 8.74. The van der Waals surface area contributed by atoms with Crippen molar-refractivity contribution >= 4 is 16.4 Å². The SMILES string of the molecule is NC(N)=NC1CCCCCCCCCCC1.O=S(=O)(O)O. The van der Waals surface area contributed by atoms with E-state index in [1.165, 1.54) is 57.8 Å². The largest absolute Gasteiger partial charge is 0.394 e. The van der Waals surface area contributed by atoms with Crippen LogP contribution in [0.1, 0.15) is 70.6 Å². The Hall–Kier alpha value is -0.860. The smallest absolute Gasteiger partial charge is 0.370 e. The third kappa shape index (κ3) is 19.1. The highest BCUT2D eigenvalue weighted by molar-refractivity contribution is 7.79. The van der Waals surface area contributed by atoms with Crippen LogP contribution in [0.5, 0.6) is 0 Å². The first-order valence-electron chi connectivity index (χ1n) is 7.57.